The molecule has 29 heavy (non-hydrogen) atoms. The number of nitrogens with one attached hydrogen (secondary N) is 2. The fraction of sp³-hybridized carbons (Fsp3) is 0.391. The van der Waals surface area contributed by atoms with Crippen molar-refractivity contribution in [2.45, 2.75) is 26.7 Å². The number of carbonyl (C=O) groups is 2. The molecule has 0 aliphatic heterocycles. The number of rotatable bonds is 10. The molecule has 0 radical (unpaired) electrons. The highest BCUT2D eigenvalue weighted by Crippen LogP contribution is 2.24. The van der Waals surface area contributed by atoms with Gasteiger partial charge in [-0.05, 0) is 42.2 Å². The summed E-state index contributed by atoms with van der Waals surface area (Å²) in [6.07, 6.45) is 1.19. The number of aryl methyl sites for hydroxylation is 1. The molecule has 0 heterocycles. The number of benzene rings is 2. The van der Waals surface area contributed by atoms with E-state index in [0.29, 0.717) is 36.8 Å². The summed E-state index contributed by atoms with van der Waals surface area (Å²) in [5.41, 5.74) is 2.61. The smallest absolute Gasteiger partial charge is 0.243 e. The number of ether oxygens (including phenoxy) is 1. The summed E-state index contributed by atoms with van der Waals surface area (Å²) in [4.78, 5) is 25.6. The predicted octanol–water partition coefficient (Wildman–Crippen LogP) is 3.79. The zero-order valence-electron chi connectivity index (χ0n) is 17.7. The molecule has 2 aromatic carbocycles. The molecule has 0 aliphatic carbocycles. The van der Waals surface area contributed by atoms with Crippen molar-refractivity contribution in [2.24, 2.45) is 5.92 Å². The number of hydrogen-bond acceptors (Lipinski definition) is 4. The molecular weight excluding hydrogens is 366 g/mol. The maximum atomic E-state index is 12.3. The van der Waals surface area contributed by atoms with Crippen molar-refractivity contribution >= 4 is 23.2 Å². The highest BCUT2D eigenvalue weighted by atomic mass is 16.5. The predicted molar refractivity (Wildman–Crippen MR) is 117 cm³/mol. The Kier molecular flexibility index (Phi) is 8.52. The van der Waals surface area contributed by atoms with Crippen LogP contribution in [0.15, 0.2) is 48.5 Å². The van der Waals surface area contributed by atoms with E-state index in [2.05, 4.69) is 24.5 Å². The molecule has 2 N–H and O–H groups in total. The largest absolute Gasteiger partial charge is 0.491 e. The van der Waals surface area contributed by atoms with Gasteiger partial charge in [-0.25, -0.2) is 0 Å². The first-order valence-electron chi connectivity index (χ1n) is 9.89. The van der Waals surface area contributed by atoms with Crippen LogP contribution in [0, 0.1) is 5.92 Å². The van der Waals surface area contributed by atoms with Crippen LogP contribution in [0.1, 0.15) is 25.8 Å². The lowest BCUT2D eigenvalue weighted by molar-refractivity contribution is -0.128. The Labute approximate surface area is 173 Å². The molecule has 156 valence electrons. The van der Waals surface area contributed by atoms with Crippen molar-refractivity contribution in [1.29, 1.82) is 0 Å². The summed E-state index contributed by atoms with van der Waals surface area (Å²) in [5.74, 6) is 1.04. The molecule has 0 saturated carbocycles. The normalized spacial score (nSPS) is 10.5. The van der Waals surface area contributed by atoms with Gasteiger partial charge in [-0.2, -0.15) is 0 Å². The topological polar surface area (TPSA) is 70.7 Å². The zero-order valence-corrected chi connectivity index (χ0v) is 17.7. The quantitative estimate of drug-likeness (QED) is 0.640. The molecule has 0 bridgehead atoms. The van der Waals surface area contributed by atoms with Gasteiger partial charge >= 0.3 is 0 Å². The first-order chi connectivity index (χ1) is 13.8. The van der Waals surface area contributed by atoms with Gasteiger partial charge in [0.25, 0.3) is 0 Å². The van der Waals surface area contributed by atoms with E-state index in [1.807, 2.05) is 48.5 Å². The summed E-state index contributed by atoms with van der Waals surface area (Å²) >= 11 is 0. The lowest BCUT2D eigenvalue weighted by atomic mass is 10.1. The second-order valence-corrected chi connectivity index (χ2v) is 7.59. The minimum absolute atomic E-state index is 0.113. The van der Waals surface area contributed by atoms with E-state index < -0.39 is 0 Å². The van der Waals surface area contributed by atoms with Crippen LogP contribution >= 0.6 is 0 Å². The Hall–Kier alpha value is -3.02. The molecule has 0 unspecified atom stereocenters. The van der Waals surface area contributed by atoms with Gasteiger partial charge in [0, 0.05) is 26.2 Å². The molecule has 0 spiro atoms. The van der Waals surface area contributed by atoms with E-state index in [1.54, 1.807) is 19.0 Å². The fourth-order valence-corrected chi connectivity index (χ4v) is 2.59. The minimum Gasteiger partial charge on any atom is -0.491 e. The third-order valence-electron chi connectivity index (χ3n) is 4.27. The summed E-state index contributed by atoms with van der Waals surface area (Å²) in [5, 5.41) is 6.01. The van der Waals surface area contributed by atoms with Gasteiger partial charge in [0.15, 0.2) is 0 Å². The molecular formula is C23H31N3O3. The number of para-hydroxylation sites is 2. The van der Waals surface area contributed by atoms with Gasteiger partial charge in [-0.3, -0.25) is 9.59 Å². The summed E-state index contributed by atoms with van der Waals surface area (Å²) in [6.45, 7) is 4.90. The van der Waals surface area contributed by atoms with E-state index in [1.165, 1.54) is 0 Å². The van der Waals surface area contributed by atoms with Crippen LogP contribution in [0.4, 0.5) is 11.4 Å². The Balaban J connectivity index is 1.83. The van der Waals surface area contributed by atoms with Crippen LogP contribution in [0.2, 0.25) is 0 Å². The van der Waals surface area contributed by atoms with Crippen molar-refractivity contribution in [2.75, 3.05) is 37.9 Å². The zero-order chi connectivity index (χ0) is 21.2. The van der Waals surface area contributed by atoms with Crippen LogP contribution in [-0.2, 0) is 16.0 Å². The van der Waals surface area contributed by atoms with E-state index in [9.17, 15) is 9.59 Å². The van der Waals surface area contributed by atoms with Gasteiger partial charge in [-0.15, -0.1) is 0 Å². The third kappa shape index (κ3) is 7.86. The molecule has 0 fully saturated rings. The van der Waals surface area contributed by atoms with Gasteiger partial charge in [0.05, 0.1) is 18.8 Å². The lowest BCUT2D eigenvalue weighted by Crippen LogP contribution is -2.22. The summed E-state index contributed by atoms with van der Waals surface area (Å²) in [6, 6.07) is 15.2. The number of nitrogens with zero attached hydrogens (tertiary/aromatic N) is 1. The third-order valence-corrected chi connectivity index (χ3v) is 4.27. The standard InChI is InChI=1S/C23H31N3O3/c1-17(2)16-29-21-8-6-5-7-20(21)25-22(27)15-24-19-12-9-18(10-13-19)11-14-23(28)26(3)4/h5-10,12-13,17,24H,11,14-16H2,1-4H3,(H,25,27). The van der Waals surface area contributed by atoms with Crippen LogP contribution in [0.3, 0.4) is 0 Å². The molecule has 0 aliphatic rings. The average Bonchev–Trinajstić information content (AvgIpc) is 2.70. The number of hydrogen-bond donors (Lipinski definition) is 2. The van der Waals surface area contributed by atoms with Crippen LogP contribution < -0.4 is 15.4 Å². The molecule has 2 aromatic rings. The fourth-order valence-electron chi connectivity index (χ4n) is 2.59. The molecule has 2 amide bonds. The Morgan fingerprint density at radius 3 is 2.38 bits per heavy atom. The van der Waals surface area contributed by atoms with Crippen molar-refractivity contribution in [3.05, 3.63) is 54.1 Å². The molecule has 0 saturated heterocycles. The first kappa shape index (κ1) is 22.3. The Morgan fingerprint density at radius 2 is 1.72 bits per heavy atom. The van der Waals surface area contributed by atoms with Crippen LogP contribution in [-0.4, -0.2) is 44.0 Å². The van der Waals surface area contributed by atoms with E-state index in [-0.39, 0.29) is 18.4 Å². The second-order valence-electron chi connectivity index (χ2n) is 7.59. The SMILES string of the molecule is CC(C)COc1ccccc1NC(=O)CNc1ccc(CCC(=O)N(C)C)cc1. The van der Waals surface area contributed by atoms with E-state index in [0.717, 1.165) is 11.3 Å². The van der Waals surface area contributed by atoms with Crippen molar-refractivity contribution in [1.82, 2.24) is 4.90 Å². The highest BCUT2D eigenvalue weighted by Gasteiger charge is 2.09. The molecule has 0 aromatic heterocycles. The van der Waals surface area contributed by atoms with E-state index >= 15 is 0 Å². The molecule has 2 rings (SSSR count). The maximum absolute atomic E-state index is 12.3. The first-order valence-corrected chi connectivity index (χ1v) is 9.89. The lowest BCUT2D eigenvalue weighted by Gasteiger charge is -2.14. The van der Waals surface area contributed by atoms with Crippen molar-refractivity contribution in [3.63, 3.8) is 0 Å². The Bertz CT molecular complexity index is 801. The van der Waals surface area contributed by atoms with Gasteiger partial charge in [0.2, 0.25) is 11.8 Å². The number of anilines is 2. The number of amides is 2. The van der Waals surface area contributed by atoms with Gasteiger partial charge in [-0.1, -0.05) is 38.1 Å². The second kappa shape index (κ2) is 11.1. The van der Waals surface area contributed by atoms with Crippen molar-refractivity contribution in [3.8, 4) is 5.75 Å². The van der Waals surface area contributed by atoms with Gasteiger partial charge in [0.1, 0.15) is 5.75 Å². The van der Waals surface area contributed by atoms with Gasteiger partial charge < -0.3 is 20.3 Å². The summed E-state index contributed by atoms with van der Waals surface area (Å²) in [7, 11) is 3.52. The molecule has 0 atom stereocenters. The maximum Gasteiger partial charge on any atom is 0.243 e. The summed E-state index contributed by atoms with van der Waals surface area (Å²) < 4.78 is 5.77. The van der Waals surface area contributed by atoms with Crippen LogP contribution in [0.5, 0.6) is 5.75 Å². The molecule has 6 nitrogen and oxygen atoms in total. The van der Waals surface area contributed by atoms with Crippen LogP contribution in [0.25, 0.3) is 0 Å². The molecule has 6 heteroatoms. The average molecular weight is 398 g/mol. The minimum atomic E-state index is -0.147. The number of carbonyl (C=O) groups excluding carboxylic acids is 2. The Morgan fingerprint density at radius 1 is 1.03 bits per heavy atom. The highest BCUT2D eigenvalue weighted by molar-refractivity contribution is 5.95. The van der Waals surface area contributed by atoms with Crippen molar-refractivity contribution < 1.29 is 14.3 Å². The monoisotopic (exact) mass is 397 g/mol. The van der Waals surface area contributed by atoms with E-state index in [4.69, 9.17) is 4.74 Å².